The lowest BCUT2D eigenvalue weighted by molar-refractivity contribution is -0.0751. The van der Waals surface area contributed by atoms with E-state index in [4.69, 9.17) is 4.74 Å². The number of hydrogen-bond donors (Lipinski definition) is 1. The van der Waals surface area contributed by atoms with Crippen LogP contribution in [-0.4, -0.2) is 35.8 Å². The minimum absolute atomic E-state index is 0.110. The van der Waals surface area contributed by atoms with Gasteiger partial charge in [-0.05, 0) is 51.3 Å². The molecule has 2 fully saturated rings. The third kappa shape index (κ3) is 3.49. The molecule has 110 valence electrons. The highest BCUT2D eigenvalue weighted by Crippen LogP contribution is 2.25. The van der Waals surface area contributed by atoms with Gasteiger partial charge in [-0.1, -0.05) is 0 Å². The van der Waals surface area contributed by atoms with E-state index in [1.54, 1.807) is 0 Å². The van der Waals surface area contributed by atoms with E-state index in [1.807, 2.05) is 6.20 Å². The second-order valence-corrected chi connectivity index (χ2v) is 6.75. The van der Waals surface area contributed by atoms with Crippen LogP contribution in [0.1, 0.15) is 39.2 Å². The van der Waals surface area contributed by atoms with Crippen molar-refractivity contribution in [2.75, 3.05) is 18.0 Å². The molecule has 4 nitrogen and oxygen atoms in total. The van der Waals surface area contributed by atoms with Crippen molar-refractivity contribution in [1.82, 2.24) is 10.3 Å². The molecule has 1 saturated heterocycles. The number of hydrogen-bond acceptors (Lipinski definition) is 4. The van der Waals surface area contributed by atoms with Crippen LogP contribution < -0.4 is 10.2 Å². The molecule has 1 N–H and O–H groups in total. The average molecular weight is 275 g/mol. The topological polar surface area (TPSA) is 37.4 Å². The molecule has 0 aromatic carbocycles. The molecule has 0 spiro atoms. The summed E-state index contributed by atoms with van der Waals surface area (Å²) in [6.07, 6.45) is 4.82. The maximum absolute atomic E-state index is 5.96. The molecule has 1 aromatic heterocycles. The molecule has 0 bridgehead atoms. The zero-order chi connectivity index (χ0) is 14.2. The fourth-order valence-electron chi connectivity index (χ4n) is 2.92. The maximum atomic E-state index is 5.96. The van der Waals surface area contributed by atoms with E-state index < -0.39 is 0 Å². The quantitative estimate of drug-likeness (QED) is 0.915. The van der Waals surface area contributed by atoms with Gasteiger partial charge in [0, 0.05) is 31.9 Å². The molecule has 3 rings (SSSR count). The van der Waals surface area contributed by atoms with Crippen molar-refractivity contribution >= 4 is 5.82 Å². The Bertz CT molecular complexity index is 471. The summed E-state index contributed by atoms with van der Waals surface area (Å²) in [5, 5.41) is 3.56. The Morgan fingerprint density at radius 1 is 1.45 bits per heavy atom. The molecule has 2 aliphatic rings. The molecule has 4 heteroatoms. The van der Waals surface area contributed by atoms with Crippen LogP contribution in [0.5, 0.6) is 0 Å². The van der Waals surface area contributed by atoms with Gasteiger partial charge in [-0.15, -0.1) is 0 Å². The summed E-state index contributed by atoms with van der Waals surface area (Å²) in [6, 6.07) is 5.06. The van der Waals surface area contributed by atoms with Crippen LogP contribution in [-0.2, 0) is 11.3 Å². The van der Waals surface area contributed by atoms with Gasteiger partial charge < -0.3 is 15.0 Å². The molecule has 1 aliphatic carbocycles. The van der Waals surface area contributed by atoms with E-state index in [1.165, 1.54) is 18.4 Å². The van der Waals surface area contributed by atoms with Crippen molar-refractivity contribution in [3.05, 3.63) is 23.9 Å². The predicted octanol–water partition coefficient (Wildman–Crippen LogP) is 2.34. The molecule has 1 aliphatic heterocycles. The number of nitrogens with zero attached hydrogens (tertiary/aromatic N) is 2. The van der Waals surface area contributed by atoms with E-state index in [0.717, 1.165) is 31.5 Å². The Kier molecular flexibility index (Phi) is 3.69. The number of ether oxygens (including phenoxy) is 1. The van der Waals surface area contributed by atoms with Crippen LogP contribution >= 0.6 is 0 Å². The van der Waals surface area contributed by atoms with Crippen molar-refractivity contribution in [2.24, 2.45) is 0 Å². The summed E-state index contributed by atoms with van der Waals surface area (Å²) in [5.41, 5.74) is 1.21. The summed E-state index contributed by atoms with van der Waals surface area (Å²) < 4.78 is 5.96. The first kappa shape index (κ1) is 13.8. The van der Waals surface area contributed by atoms with Crippen molar-refractivity contribution in [1.29, 1.82) is 0 Å². The van der Waals surface area contributed by atoms with Gasteiger partial charge in [-0.3, -0.25) is 0 Å². The van der Waals surface area contributed by atoms with Gasteiger partial charge in [0.05, 0.1) is 11.7 Å². The third-order valence-electron chi connectivity index (χ3n) is 3.88. The summed E-state index contributed by atoms with van der Waals surface area (Å²) >= 11 is 0. The zero-order valence-electron chi connectivity index (χ0n) is 12.7. The molecule has 0 amide bonds. The summed E-state index contributed by atoms with van der Waals surface area (Å²) in [7, 11) is 0. The fourth-order valence-corrected chi connectivity index (χ4v) is 2.92. The van der Waals surface area contributed by atoms with E-state index >= 15 is 0 Å². The standard InChI is InChI=1S/C16H25N3O/c1-12-10-19(11-16(2,3)20-12)15-8-13(6-7-17-15)9-18-14-4-5-14/h6-8,12,14,18H,4-5,9-11H2,1-3H3. The van der Waals surface area contributed by atoms with E-state index in [-0.39, 0.29) is 11.7 Å². The van der Waals surface area contributed by atoms with Crippen molar-refractivity contribution in [2.45, 2.75) is 57.9 Å². The minimum atomic E-state index is -0.110. The van der Waals surface area contributed by atoms with Crippen LogP contribution in [0.25, 0.3) is 0 Å². The van der Waals surface area contributed by atoms with Gasteiger partial charge in [-0.25, -0.2) is 4.98 Å². The van der Waals surface area contributed by atoms with Gasteiger partial charge in [-0.2, -0.15) is 0 Å². The second-order valence-electron chi connectivity index (χ2n) is 6.75. The Labute approximate surface area is 121 Å². The highest BCUT2D eigenvalue weighted by atomic mass is 16.5. The summed E-state index contributed by atoms with van der Waals surface area (Å²) in [5.74, 6) is 1.07. The number of morpholine rings is 1. The molecular formula is C16H25N3O. The van der Waals surface area contributed by atoms with Gasteiger partial charge >= 0.3 is 0 Å². The largest absolute Gasteiger partial charge is 0.369 e. The van der Waals surface area contributed by atoms with Crippen molar-refractivity contribution < 1.29 is 4.74 Å². The van der Waals surface area contributed by atoms with Crippen molar-refractivity contribution in [3.8, 4) is 0 Å². The van der Waals surface area contributed by atoms with E-state index in [2.05, 4.69) is 48.1 Å². The molecule has 1 atom stereocenters. The lowest BCUT2D eigenvalue weighted by atomic mass is 10.1. The second kappa shape index (κ2) is 5.34. The third-order valence-corrected chi connectivity index (χ3v) is 3.88. The first-order valence-electron chi connectivity index (χ1n) is 7.63. The Morgan fingerprint density at radius 2 is 2.25 bits per heavy atom. The van der Waals surface area contributed by atoms with Crippen LogP contribution in [0.4, 0.5) is 5.82 Å². The monoisotopic (exact) mass is 275 g/mol. The Balaban J connectivity index is 1.70. The predicted molar refractivity (Wildman–Crippen MR) is 80.9 cm³/mol. The number of aromatic nitrogens is 1. The van der Waals surface area contributed by atoms with Gasteiger partial charge in [0.1, 0.15) is 5.82 Å². The minimum Gasteiger partial charge on any atom is -0.369 e. The summed E-state index contributed by atoms with van der Waals surface area (Å²) in [6.45, 7) is 9.18. The van der Waals surface area contributed by atoms with Crippen molar-refractivity contribution in [3.63, 3.8) is 0 Å². The van der Waals surface area contributed by atoms with Gasteiger partial charge in [0.2, 0.25) is 0 Å². The Morgan fingerprint density at radius 3 is 2.95 bits per heavy atom. The highest BCUT2D eigenvalue weighted by Gasteiger charge is 2.32. The molecular weight excluding hydrogens is 250 g/mol. The summed E-state index contributed by atoms with van der Waals surface area (Å²) in [4.78, 5) is 6.89. The van der Waals surface area contributed by atoms with Crippen LogP contribution in [0.2, 0.25) is 0 Å². The van der Waals surface area contributed by atoms with Gasteiger partial charge in [0.15, 0.2) is 0 Å². The van der Waals surface area contributed by atoms with Gasteiger partial charge in [0.25, 0.3) is 0 Å². The van der Waals surface area contributed by atoms with Crippen LogP contribution in [0, 0.1) is 0 Å². The number of nitrogens with one attached hydrogen (secondary N) is 1. The maximum Gasteiger partial charge on any atom is 0.128 e. The van der Waals surface area contributed by atoms with E-state index in [9.17, 15) is 0 Å². The molecule has 20 heavy (non-hydrogen) atoms. The highest BCUT2D eigenvalue weighted by molar-refractivity contribution is 5.42. The lowest BCUT2D eigenvalue weighted by Crippen LogP contribution is -2.52. The lowest BCUT2D eigenvalue weighted by Gasteiger charge is -2.42. The molecule has 1 aromatic rings. The number of pyridine rings is 1. The number of rotatable bonds is 4. The number of anilines is 1. The Hall–Kier alpha value is -1.13. The first-order valence-corrected chi connectivity index (χ1v) is 7.63. The SMILES string of the molecule is CC1CN(c2cc(CNC3CC3)ccn2)CC(C)(C)O1. The fraction of sp³-hybridized carbons (Fsp3) is 0.688. The normalized spacial score (nSPS) is 25.8. The molecule has 1 unspecified atom stereocenters. The van der Waals surface area contributed by atoms with E-state index in [0.29, 0.717) is 0 Å². The van der Waals surface area contributed by atoms with Crippen LogP contribution in [0.3, 0.4) is 0 Å². The molecule has 2 heterocycles. The smallest absolute Gasteiger partial charge is 0.128 e. The van der Waals surface area contributed by atoms with Crippen LogP contribution in [0.15, 0.2) is 18.3 Å². The first-order chi connectivity index (χ1) is 9.52. The average Bonchev–Trinajstić information content (AvgIpc) is 3.18. The zero-order valence-corrected chi connectivity index (χ0v) is 12.7. The molecule has 0 radical (unpaired) electrons. The molecule has 1 saturated carbocycles.